The fourth-order valence-electron chi connectivity index (χ4n) is 3.24. The van der Waals surface area contributed by atoms with Gasteiger partial charge >= 0.3 is 6.18 Å². The molecule has 0 atom stereocenters. The van der Waals surface area contributed by atoms with Crippen molar-refractivity contribution in [1.29, 1.82) is 0 Å². The van der Waals surface area contributed by atoms with E-state index in [1.54, 1.807) is 48.6 Å². The largest absolute Gasteiger partial charge is 0.487 e. The SMILES string of the molecule is C=NN(C=NC)Cc1ccc(-c2noc(-c3cnn(C)c3COc3ccc(C(F)(F)F)cc3)n2)nc1. The highest BCUT2D eigenvalue weighted by Gasteiger charge is 2.30. The molecule has 13 heteroatoms. The van der Waals surface area contributed by atoms with E-state index in [9.17, 15) is 13.2 Å². The number of hydrazone groups is 1. The quantitative estimate of drug-likeness (QED) is 0.193. The zero-order valence-corrected chi connectivity index (χ0v) is 19.3. The standard InChI is InChI=1S/C23H21F3N8O2/c1-27-14-34(28-2)12-15-4-9-19(29-10-15)21-31-22(36-32-21)18-11-30-33(3)20(18)13-35-17-7-5-16(6-8-17)23(24,25)26/h4-11,14H,2,12-13H2,1,3H3. The van der Waals surface area contributed by atoms with E-state index >= 15 is 0 Å². The molecule has 0 N–H and O–H groups in total. The first-order valence-electron chi connectivity index (χ1n) is 10.5. The van der Waals surface area contributed by atoms with Gasteiger partial charge in [0.25, 0.3) is 5.89 Å². The lowest BCUT2D eigenvalue weighted by atomic mass is 10.2. The van der Waals surface area contributed by atoms with Gasteiger partial charge in [0.15, 0.2) is 0 Å². The summed E-state index contributed by atoms with van der Waals surface area (Å²) in [5.74, 6) is 0.765. The van der Waals surface area contributed by atoms with E-state index < -0.39 is 11.7 Å². The number of aryl methyl sites for hydroxylation is 1. The smallest absolute Gasteiger partial charge is 0.416 e. The van der Waals surface area contributed by atoms with Crippen LogP contribution in [-0.2, 0) is 26.4 Å². The molecule has 1 aromatic carbocycles. The van der Waals surface area contributed by atoms with E-state index in [1.807, 2.05) is 6.07 Å². The lowest BCUT2D eigenvalue weighted by molar-refractivity contribution is -0.137. The van der Waals surface area contributed by atoms with Crippen LogP contribution in [-0.4, -0.2) is 50.0 Å². The average Bonchev–Trinajstić information content (AvgIpc) is 3.49. The van der Waals surface area contributed by atoms with E-state index in [1.165, 1.54) is 12.1 Å². The first-order valence-corrected chi connectivity index (χ1v) is 10.5. The zero-order chi connectivity index (χ0) is 25.7. The highest BCUT2D eigenvalue weighted by atomic mass is 19.4. The summed E-state index contributed by atoms with van der Waals surface area (Å²) in [6.07, 6.45) is 0.358. The zero-order valence-electron chi connectivity index (χ0n) is 19.3. The molecule has 0 aliphatic heterocycles. The maximum Gasteiger partial charge on any atom is 0.416 e. The molecule has 0 spiro atoms. The summed E-state index contributed by atoms with van der Waals surface area (Å²) >= 11 is 0. The Kier molecular flexibility index (Phi) is 7.08. The van der Waals surface area contributed by atoms with Gasteiger partial charge in [-0.15, -0.1) is 0 Å². The number of aromatic nitrogens is 5. The molecule has 186 valence electrons. The van der Waals surface area contributed by atoms with Crippen LogP contribution in [0.5, 0.6) is 5.75 Å². The number of pyridine rings is 1. The Labute approximate surface area is 203 Å². The fourth-order valence-corrected chi connectivity index (χ4v) is 3.24. The fraction of sp³-hybridized carbons (Fsp3) is 0.217. The molecule has 0 bridgehead atoms. The molecular weight excluding hydrogens is 477 g/mol. The Morgan fingerprint density at radius 2 is 1.94 bits per heavy atom. The van der Waals surface area contributed by atoms with Gasteiger partial charge in [0.05, 0.1) is 29.6 Å². The molecule has 4 rings (SSSR count). The second-order valence-electron chi connectivity index (χ2n) is 7.53. The maximum atomic E-state index is 12.8. The third-order valence-electron chi connectivity index (χ3n) is 5.10. The molecule has 0 amide bonds. The van der Waals surface area contributed by atoms with Crippen molar-refractivity contribution < 1.29 is 22.4 Å². The molecular formula is C23H21F3N8O2. The van der Waals surface area contributed by atoms with Crippen molar-refractivity contribution in [2.24, 2.45) is 17.1 Å². The topological polar surface area (TPSA) is 107 Å². The van der Waals surface area contributed by atoms with Crippen LogP contribution in [0.4, 0.5) is 13.2 Å². The Hall–Kier alpha value is -4.55. The van der Waals surface area contributed by atoms with E-state index in [2.05, 4.69) is 37.0 Å². The van der Waals surface area contributed by atoms with Crippen molar-refractivity contribution >= 4 is 13.1 Å². The van der Waals surface area contributed by atoms with Crippen molar-refractivity contribution in [3.05, 3.63) is 65.6 Å². The highest BCUT2D eigenvalue weighted by molar-refractivity contribution is 5.59. The monoisotopic (exact) mass is 498 g/mol. The van der Waals surface area contributed by atoms with Gasteiger partial charge in [0.1, 0.15) is 24.4 Å². The maximum absolute atomic E-state index is 12.8. The molecule has 10 nitrogen and oxygen atoms in total. The third kappa shape index (κ3) is 5.56. The van der Waals surface area contributed by atoms with Crippen molar-refractivity contribution in [3.63, 3.8) is 0 Å². The van der Waals surface area contributed by atoms with Gasteiger partial charge in [-0.05, 0) is 35.9 Å². The van der Waals surface area contributed by atoms with Gasteiger partial charge in [-0.25, -0.2) is 0 Å². The molecule has 0 fully saturated rings. The van der Waals surface area contributed by atoms with Crippen LogP contribution < -0.4 is 4.74 Å². The van der Waals surface area contributed by atoms with Crippen LogP contribution in [0, 0.1) is 0 Å². The number of nitrogens with zero attached hydrogens (tertiary/aromatic N) is 8. The Bertz CT molecular complexity index is 1350. The summed E-state index contributed by atoms with van der Waals surface area (Å²) in [6.45, 7) is 3.97. The molecule has 0 saturated heterocycles. The Morgan fingerprint density at radius 1 is 1.17 bits per heavy atom. The van der Waals surface area contributed by atoms with E-state index in [4.69, 9.17) is 9.26 Å². The summed E-state index contributed by atoms with van der Waals surface area (Å²) in [5, 5.41) is 13.6. The predicted molar refractivity (Wildman–Crippen MR) is 125 cm³/mol. The normalized spacial score (nSPS) is 11.7. The minimum atomic E-state index is -4.41. The first-order chi connectivity index (χ1) is 17.3. The predicted octanol–water partition coefficient (Wildman–Crippen LogP) is 4.21. The summed E-state index contributed by atoms with van der Waals surface area (Å²) in [7, 11) is 3.35. The number of alkyl halides is 3. The second-order valence-corrected chi connectivity index (χ2v) is 7.53. The Balaban J connectivity index is 1.47. The summed E-state index contributed by atoms with van der Waals surface area (Å²) < 4.78 is 51.0. The van der Waals surface area contributed by atoms with Crippen LogP contribution in [0.2, 0.25) is 0 Å². The number of benzene rings is 1. The van der Waals surface area contributed by atoms with Crippen molar-refractivity contribution in [3.8, 4) is 28.7 Å². The summed E-state index contributed by atoms with van der Waals surface area (Å²) in [6, 6.07) is 8.06. The number of halogens is 3. The molecule has 4 aromatic rings. The Morgan fingerprint density at radius 3 is 2.58 bits per heavy atom. The lowest BCUT2D eigenvalue weighted by Gasteiger charge is -2.11. The molecule has 0 radical (unpaired) electrons. The second kappa shape index (κ2) is 10.4. The minimum Gasteiger partial charge on any atom is -0.487 e. The van der Waals surface area contributed by atoms with Gasteiger partial charge in [-0.1, -0.05) is 11.2 Å². The van der Waals surface area contributed by atoms with Crippen LogP contribution in [0.1, 0.15) is 16.8 Å². The molecule has 0 unspecified atom stereocenters. The summed E-state index contributed by atoms with van der Waals surface area (Å²) in [5.41, 5.74) is 1.77. The van der Waals surface area contributed by atoms with Gasteiger partial charge in [0, 0.05) is 27.0 Å². The van der Waals surface area contributed by atoms with Crippen LogP contribution in [0.15, 0.2) is 63.4 Å². The molecule has 36 heavy (non-hydrogen) atoms. The third-order valence-corrected chi connectivity index (χ3v) is 5.10. The van der Waals surface area contributed by atoms with Gasteiger partial charge in [-0.3, -0.25) is 19.7 Å². The molecule has 3 aromatic heterocycles. The van der Waals surface area contributed by atoms with Gasteiger partial charge < -0.3 is 9.26 Å². The molecule has 0 saturated carbocycles. The number of hydrogen-bond acceptors (Lipinski definition) is 8. The van der Waals surface area contributed by atoms with Crippen LogP contribution in [0.3, 0.4) is 0 Å². The lowest BCUT2D eigenvalue weighted by Crippen LogP contribution is -2.14. The molecule has 0 aliphatic rings. The number of rotatable bonds is 9. The van der Waals surface area contributed by atoms with Crippen molar-refractivity contribution in [1.82, 2.24) is 29.9 Å². The average molecular weight is 498 g/mol. The number of aliphatic imine (C=N–C) groups is 1. The van der Waals surface area contributed by atoms with Crippen LogP contribution >= 0.6 is 0 Å². The van der Waals surface area contributed by atoms with Crippen LogP contribution in [0.25, 0.3) is 23.0 Å². The minimum absolute atomic E-state index is 0.0246. The molecule has 3 heterocycles. The van der Waals surface area contributed by atoms with Gasteiger partial charge in [-0.2, -0.15) is 28.4 Å². The summed E-state index contributed by atoms with van der Waals surface area (Å²) in [4.78, 5) is 12.7. The van der Waals surface area contributed by atoms with E-state index in [0.717, 1.165) is 17.7 Å². The molecule has 0 aliphatic carbocycles. The number of hydrogen-bond donors (Lipinski definition) is 0. The van der Waals surface area contributed by atoms with Crippen molar-refractivity contribution in [2.45, 2.75) is 19.3 Å². The van der Waals surface area contributed by atoms with Gasteiger partial charge in [0.2, 0.25) is 5.82 Å². The number of ether oxygens (including phenoxy) is 1. The van der Waals surface area contributed by atoms with E-state index in [0.29, 0.717) is 23.5 Å². The van der Waals surface area contributed by atoms with Crippen molar-refractivity contribution in [2.75, 3.05) is 7.05 Å². The first kappa shape index (κ1) is 24.6. The highest BCUT2D eigenvalue weighted by Crippen LogP contribution is 2.31. The van der Waals surface area contributed by atoms with E-state index in [-0.39, 0.29) is 24.1 Å².